The molecule has 0 saturated carbocycles. The van der Waals surface area contributed by atoms with E-state index in [4.69, 9.17) is 9.84 Å². The van der Waals surface area contributed by atoms with Crippen LogP contribution in [-0.4, -0.2) is 23.3 Å². The Hall–Kier alpha value is -0.830. The zero-order valence-electron chi connectivity index (χ0n) is 6.76. The fraction of sp³-hybridized carbons (Fsp3) is 0.625. The summed E-state index contributed by atoms with van der Waals surface area (Å²) in [6.45, 7) is 4.40. The largest absolute Gasteiger partial charge is 0.478 e. The lowest BCUT2D eigenvalue weighted by Crippen LogP contribution is -2.20. The zero-order valence-corrected chi connectivity index (χ0v) is 6.76. The first kappa shape index (κ1) is 8.27. The quantitative estimate of drug-likeness (QED) is 0.580. The maximum Gasteiger partial charge on any atom is 0.328 e. The predicted molar refractivity (Wildman–Crippen MR) is 40.4 cm³/mol. The number of carbonyl (C=O) groups is 1. The van der Waals surface area contributed by atoms with Crippen molar-refractivity contribution >= 4 is 5.97 Å². The van der Waals surface area contributed by atoms with Gasteiger partial charge in [0.15, 0.2) is 0 Å². The Morgan fingerprint density at radius 1 is 1.73 bits per heavy atom. The molecule has 3 heteroatoms. The van der Waals surface area contributed by atoms with Crippen molar-refractivity contribution in [3.05, 3.63) is 11.6 Å². The Morgan fingerprint density at radius 2 is 2.36 bits per heavy atom. The molecule has 1 fully saturated rings. The highest BCUT2D eigenvalue weighted by molar-refractivity contribution is 5.81. The molecule has 0 aromatic rings. The number of carboxylic acids is 1. The summed E-state index contributed by atoms with van der Waals surface area (Å²) < 4.78 is 5.32. The molecule has 0 atom stereocenters. The summed E-state index contributed by atoms with van der Waals surface area (Å²) in [5, 5.41) is 8.47. The van der Waals surface area contributed by atoms with Crippen molar-refractivity contribution in [2.75, 3.05) is 6.61 Å². The van der Waals surface area contributed by atoms with Gasteiger partial charge in [0.2, 0.25) is 0 Å². The van der Waals surface area contributed by atoms with Gasteiger partial charge >= 0.3 is 5.97 Å². The first-order chi connectivity index (χ1) is 5.02. The van der Waals surface area contributed by atoms with Crippen LogP contribution in [0, 0.1) is 0 Å². The van der Waals surface area contributed by atoms with Gasteiger partial charge in [-0.2, -0.15) is 0 Å². The highest BCUT2D eigenvalue weighted by atomic mass is 16.5. The van der Waals surface area contributed by atoms with Gasteiger partial charge in [-0.3, -0.25) is 0 Å². The summed E-state index contributed by atoms with van der Waals surface area (Å²) in [6, 6.07) is 0. The van der Waals surface area contributed by atoms with Crippen molar-refractivity contribution in [3.63, 3.8) is 0 Å². The molecule has 3 nitrogen and oxygen atoms in total. The van der Waals surface area contributed by atoms with Gasteiger partial charge in [-0.15, -0.1) is 0 Å². The second kappa shape index (κ2) is 2.66. The molecule has 1 saturated heterocycles. The number of carboxylic acid groups (broad SMARTS) is 1. The lowest BCUT2D eigenvalue weighted by molar-refractivity contribution is -0.131. The number of rotatable bonds is 1. The molecule has 0 radical (unpaired) electrons. The molecule has 62 valence electrons. The van der Waals surface area contributed by atoms with Crippen LogP contribution >= 0.6 is 0 Å². The van der Waals surface area contributed by atoms with Crippen molar-refractivity contribution in [1.82, 2.24) is 0 Å². The fourth-order valence-corrected chi connectivity index (χ4v) is 1.20. The molecule has 1 aliphatic rings. The van der Waals surface area contributed by atoms with Crippen LogP contribution in [0.15, 0.2) is 11.6 Å². The Morgan fingerprint density at radius 3 is 2.73 bits per heavy atom. The van der Waals surface area contributed by atoms with Gasteiger partial charge in [0, 0.05) is 6.08 Å². The lowest BCUT2D eigenvalue weighted by Gasteiger charge is -2.17. The van der Waals surface area contributed by atoms with Gasteiger partial charge in [-0.25, -0.2) is 4.79 Å². The van der Waals surface area contributed by atoms with Crippen LogP contribution in [0.1, 0.15) is 20.3 Å². The van der Waals surface area contributed by atoms with Crippen LogP contribution in [0.2, 0.25) is 0 Å². The smallest absolute Gasteiger partial charge is 0.328 e. The Labute approximate surface area is 65.7 Å². The maximum atomic E-state index is 10.3. The van der Waals surface area contributed by atoms with Crippen molar-refractivity contribution in [3.8, 4) is 0 Å². The minimum Gasteiger partial charge on any atom is -0.478 e. The van der Waals surface area contributed by atoms with E-state index in [9.17, 15) is 4.79 Å². The molecule has 0 spiro atoms. The van der Waals surface area contributed by atoms with Crippen molar-refractivity contribution < 1.29 is 14.6 Å². The Bertz CT molecular complexity index is 203. The number of aliphatic carboxylic acids is 1. The molecule has 1 N–H and O–H groups in total. The predicted octanol–water partition coefficient (Wildman–Crippen LogP) is 1.20. The third-order valence-corrected chi connectivity index (χ3v) is 1.91. The topological polar surface area (TPSA) is 46.5 Å². The third kappa shape index (κ3) is 1.80. The van der Waals surface area contributed by atoms with E-state index in [2.05, 4.69) is 0 Å². The number of hydrogen-bond donors (Lipinski definition) is 1. The molecule has 11 heavy (non-hydrogen) atoms. The highest BCUT2D eigenvalue weighted by Crippen LogP contribution is 2.30. The molecule has 1 aliphatic heterocycles. The molecule has 0 aromatic carbocycles. The van der Waals surface area contributed by atoms with E-state index in [1.807, 2.05) is 13.8 Å². The van der Waals surface area contributed by atoms with Crippen molar-refractivity contribution in [2.45, 2.75) is 25.9 Å². The standard InChI is InChI=1S/C8H12O3/c1-8(2)6(3-4-11-8)5-7(9)10/h5H,3-4H2,1-2H3,(H,9,10)/b6-5-. The van der Waals surface area contributed by atoms with Crippen molar-refractivity contribution in [2.24, 2.45) is 0 Å². The van der Waals surface area contributed by atoms with Gasteiger partial charge in [-0.05, 0) is 25.8 Å². The summed E-state index contributed by atoms with van der Waals surface area (Å²) in [6.07, 6.45) is 1.98. The average Bonchev–Trinajstić information content (AvgIpc) is 2.10. The molecular formula is C8H12O3. The molecule has 1 heterocycles. The van der Waals surface area contributed by atoms with E-state index in [0.29, 0.717) is 6.61 Å². The van der Waals surface area contributed by atoms with E-state index >= 15 is 0 Å². The number of hydrogen-bond acceptors (Lipinski definition) is 2. The summed E-state index contributed by atoms with van der Waals surface area (Å²) in [5.74, 6) is -0.890. The van der Waals surface area contributed by atoms with Gasteiger partial charge in [0.05, 0.1) is 12.2 Å². The zero-order chi connectivity index (χ0) is 8.48. The summed E-state index contributed by atoms with van der Waals surface area (Å²) in [4.78, 5) is 10.3. The Kier molecular flexibility index (Phi) is 2.00. The van der Waals surface area contributed by atoms with Crippen molar-refractivity contribution in [1.29, 1.82) is 0 Å². The fourth-order valence-electron chi connectivity index (χ4n) is 1.20. The minimum absolute atomic E-state index is 0.377. The number of ether oxygens (including phenoxy) is 1. The second-order valence-electron chi connectivity index (χ2n) is 3.12. The minimum atomic E-state index is -0.890. The van der Waals surface area contributed by atoms with E-state index in [1.165, 1.54) is 6.08 Å². The molecule has 0 unspecified atom stereocenters. The van der Waals surface area contributed by atoms with E-state index in [1.54, 1.807) is 0 Å². The lowest BCUT2D eigenvalue weighted by atomic mass is 9.98. The molecule has 1 rings (SSSR count). The molecule has 0 amide bonds. The van der Waals surface area contributed by atoms with Gasteiger partial charge in [-0.1, -0.05) is 0 Å². The Balaban J connectivity index is 2.80. The van der Waals surface area contributed by atoms with Crippen LogP contribution in [0.4, 0.5) is 0 Å². The van der Waals surface area contributed by atoms with Gasteiger partial charge < -0.3 is 9.84 Å². The monoisotopic (exact) mass is 156 g/mol. The summed E-state index contributed by atoms with van der Waals surface area (Å²) in [5.41, 5.74) is 0.489. The van der Waals surface area contributed by atoms with E-state index in [0.717, 1.165) is 12.0 Å². The van der Waals surface area contributed by atoms with E-state index in [-0.39, 0.29) is 5.60 Å². The highest BCUT2D eigenvalue weighted by Gasteiger charge is 2.29. The van der Waals surface area contributed by atoms with Crippen LogP contribution in [0.5, 0.6) is 0 Å². The first-order valence-electron chi connectivity index (χ1n) is 3.60. The third-order valence-electron chi connectivity index (χ3n) is 1.91. The average molecular weight is 156 g/mol. The molecule has 0 bridgehead atoms. The van der Waals surface area contributed by atoms with Crippen LogP contribution in [0.25, 0.3) is 0 Å². The SMILES string of the molecule is CC1(C)OCC/C1=C/C(=O)O. The van der Waals surface area contributed by atoms with E-state index < -0.39 is 5.97 Å². The summed E-state index contributed by atoms with van der Waals surface area (Å²) in [7, 11) is 0. The molecule has 0 aromatic heterocycles. The van der Waals surface area contributed by atoms with Crippen LogP contribution in [-0.2, 0) is 9.53 Å². The molecular weight excluding hydrogens is 144 g/mol. The first-order valence-corrected chi connectivity index (χ1v) is 3.60. The normalized spacial score (nSPS) is 25.8. The van der Waals surface area contributed by atoms with Crippen LogP contribution < -0.4 is 0 Å². The van der Waals surface area contributed by atoms with Gasteiger partial charge in [0.1, 0.15) is 0 Å². The molecule has 0 aliphatic carbocycles. The van der Waals surface area contributed by atoms with Gasteiger partial charge in [0.25, 0.3) is 0 Å². The maximum absolute atomic E-state index is 10.3. The second-order valence-corrected chi connectivity index (χ2v) is 3.12. The summed E-state index contributed by atoms with van der Waals surface area (Å²) >= 11 is 0. The van der Waals surface area contributed by atoms with Crippen LogP contribution in [0.3, 0.4) is 0 Å².